The van der Waals surface area contributed by atoms with Gasteiger partial charge in [0.1, 0.15) is 11.8 Å². The molecular formula is C6H7N5OS. The van der Waals surface area contributed by atoms with Crippen LogP contribution in [0.25, 0.3) is 0 Å². The summed E-state index contributed by atoms with van der Waals surface area (Å²) in [4.78, 5) is 0. The molecule has 7 heteroatoms. The summed E-state index contributed by atoms with van der Waals surface area (Å²) in [5.74, 6) is 0. The fourth-order valence-electron chi connectivity index (χ4n) is 0.988. The highest BCUT2D eigenvalue weighted by Gasteiger charge is 2.16. The first-order valence-electron chi connectivity index (χ1n) is 3.58. The fourth-order valence-corrected chi connectivity index (χ4v) is 1.46. The van der Waals surface area contributed by atoms with Gasteiger partial charge in [-0.2, -0.15) is 0 Å². The Balaban J connectivity index is 2.33. The number of hydrogen-bond donors (Lipinski definition) is 1. The van der Waals surface area contributed by atoms with E-state index in [1.165, 1.54) is 22.4 Å². The van der Waals surface area contributed by atoms with Gasteiger partial charge >= 0.3 is 0 Å². The fraction of sp³-hybridized carbons (Fsp3) is 0.333. The van der Waals surface area contributed by atoms with E-state index >= 15 is 0 Å². The van der Waals surface area contributed by atoms with Gasteiger partial charge in [0.2, 0.25) is 0 Å². The largest absolute Gasteiger partial charge is 0.380 e. The third-order valence-electron chi connectivity index (χ3n) is 1.69. The average molecular weight is 197 g/mol. The molecule has 6 nitrogen and oxygen atoms in total. The molecular weight excluding hydrogens is 190 g/mol. The summed E-state index contributed by atoms with van der Waals surface area (Å²) < 4.78 is 5.17. The molecule has 1 unspecified atom stereocenters. The lowest BCUT2D eigenvalue weighted by Crippen LogP contribution is -2.06. The van der Waals surface area contributed by atoms with Gasteiger partial charge in [-0.3, -0.25) is 0 Å². The van der Waals surface area contributed by atoms with E-state index in [2.05, 4.69) is 19.9 Å². The van der Waals surface area contributed by atoms with Crippen LogP contribution in [0.15, 0.2) is 11.6 Å². The van der Waals surface area contributed by atoms with Crippen molar-refractivity contribution in [3.05, 3.63) is 23.0 Å². The molecule has 2 aromatic heterocycles. The molecule has 0 saturated carbocycles. The van der Waals surface area contributed by atoms with Crippen LogP contribution in [0.1, 0.15) is 17.5 Å². The van der Waals surface area contributed by atoms with Crippen LogP contribution in [0.5, 0.6) is 0 Å². The van der Waals surface area contributed by atoms with Crippen LogP contribution in [0.3, 0.4) is 0 Å². The van der Waals surface area contributed by atoms with Crippen LogP contribution in [0.2, 0.25) is 0 Å². The quantitative estimate of drug-likeness (QED) is 0.718. The van der Waals surface area contributed by atoms with Crippen LogP contribution in [0.4, 0.5) is 0 Å². The zero-order valence-electron chi connectivity index (χ0n) is 6.82. The Kier molecular flexibility index (Phi) is 2.03. The molecule has 0 aliphatic heterocycles. The number of aromatic nitrogens is 5. The highest BCUT2D eigenvalue weighted by Crippen LogP contribution is 2.18. The third-order valence-corrected chi connectivity index (χ3v) is 2.21. The van der Waals surface area contributed by atoms with Crippen molar-refractivity contribution in [3.8, 4) is 0 Å². The summed E-state index contributed by atoms with van der Waals surface area (Å²) in [6.45, 7) is 0. The Morgan fingerprint density at radius 1 is 1.62 bits per heavy atom. The topological polar surface area (TPSA) is 76.7 Å². The summed E-state index contributed by atoms with van der Waals surface area (Å²) >= 11 is 1.20. The van der Waals surface area contributed by atoms with Gasteiger partial charge in [0.15, 0.2) is 0 Å². The second-order valence-corrected chi connectivity index (χ2v) is 3.12. The zero-order valence-corrected chi connectivity index (χ0v) is 7.64. The zero-order chi connectivity index (χ0) is 9.26. The van der Waals surface area contributed by atoms with E-state index in [1.807, 2.05) is 0 Å². The second-order valence-electron chi connectivity index (χ2n) is 2.51. The monoisotopic (exact) mass is 197 g/mol. The van der Waals surface area contributed by atoms with Gasteiger partial charge in [-0.25, -0.2) is 4.68 Å². The molecule has 0 aromatic carbocycles. The predicted molar refractivity (Wildman–Crippen MR) is 45.0 cm³/mol. The standard InChI is InChI=1S/C6H7N5OS/c1-11-5(2-7-9-11)6(12)4-3-13-10-8-4/h2-3,6,12H,1H3. The Labute approximate surface area is 78.0 Å². The van der Waals surface area contributed by atoms with Crippen molar-refractivity contribution in [2.24, 2.45) is 7.05 Å². The lowest BCUT2D eigenvalue weighted by atomic mass is 10.2. The van der Waals surface area contributed by atoms with Crippen molar-refractivity contribution in [3.63, 3.8) is 0 Å². The van der Waals surface area contributed by atoms with Gasteiger partial charge in [0.05, 0.1) is 11.9 Å². The van der Waals surface area contributed by atoms with Crippen LogP contribution in [0, 0.1) is 0 Å². The summed E-state index contributed by atoms with van der Waals surface area (Å²) in [6.07, 6.45) is 0.711. The first kappa shape index (κ1) is 8.27. The van der Waals surface area contributed by atoms with Gasteiger partial charge < -0.3 is 5.11 Å². The Morgan fingerprint density at radius 2 is 2.46 bits per heavy atom. The lowest BCUT2D eigenvalue weighted by Gasteiger charge is -2.05. The molecule has 1 N–H and O–H groups in total. The van der Waals surface area contributed by atoms with Crippen molar-refractivity contribution in [1.82, 2.24) is 24.6 Å². The molecule has 0 aliphatic rings. The highest BCUT2D eigenvalue weighted by molar-refractivity contribution is 7.03. The molecule has 68 valence electrons. The summed E-state index contributed by atoms with van der Waals surface area (Å²) in [7, 11) is 1.71. The molecule has 0 radical (unpaired) electrons. The molecule has 13 heavy (non-hydrogen) atoms. The van der Waals surface area contributed by atoms with Crippen molar-refractivity contribution in [1.29, 1.82) is 0 Å². The maximum Gasteiger partial charge on any atom is 0.142 e. The number of rotatable bonds is 2. The van der Waals surface area contributed by atoms with Crippen molar-refractivity contribution < 1.29 is 5.11 Å². The minimum atomic E-state index is -0.793. The summed E-state index contributed by atoms with van der Waals surface area (Å²) in [6, 6.07) is 0. The van der Waals surface area contributed by atoms with E-state index in [-0.39, 0.29) is 0 Å². The minimum Gasteiger partial charge on any atom is -0.380 e. The first-order chi connectivity index (χ1) is 6.29. The van der Waals surface area contributed by atoms with E-state index < -0.39 is 6.10 Å². The lowest BCUT2D eigenvalue weighted by molar-refractivity contribution is 0.205. The van der Waals surface area contributed by atoms with E-state index in [0.717, 1.165) is 0 Å². The Hall–Kier alpha value is -1.34. The predicted octanol–water partition coefficient (Wildman–Crippen LogP) is -0.252. The molecule has 0 fully saturated rings. The van der Waals surface area contributed by atoms with Gasteiger partial charge in [0.25, 0.3) is 0 Å². The van der Waals surface area contributed by atoms with Crippen LogP contribution < -0.4 is 0 Å². The van der Waals surface area contributed by atoms with E-state index in [0.29, 0.717) is 11.4 Å². The Morgan fingerprint density at radius 3 is 3.00 bits per heavy atom. The van der Waals surface area contributed by atoms with Gasteiger partial charge in [-0.15, -0.1) is 10.2 Å². The molecule has 2 aromatic rings. The molecule has 2 heterocycles. The van der Waals surface area contributed by atoms with Gasteiger partial charge in [-0.05, 0) is 11.5 Å². The van der Waals surface area contributed by atoms with Crippen molar-refractivity contribution >= 4 is 11.5 Å². The molecule has 0 spiro atoms. The number of aliphatic hydroxyl groups excluding tert-OH is 1. The van der Waals surface area contributed by atoms with Gasteiger partial charge in [-0.1, -0.05) is 9.70 Å². The van der Waals surface area contributed by atoms with Crippen LogP contribution >= 0.6 is 11.5 Å². The maximum absolute atomic E-state index is 9.75. The molecule has 0 saturated heterocycles. The third kappa shape index (κ3) is 1.43. The number of hydrogen-bond acceptors (Lipinski definition) is 6. The second kappa shape index (κ2) is 3.19. The molecule has 0 bridgehead atoms. The molecule has 1 atom stereocenters. The van der Waals surface area contributed by atoms with E-state index in [4.69, 9.17) is 0 Å². The summed E-state index contributed by atoms with van der Waals surface area (Å²) in [5.41, 5.74) is 1.13. The molecule has 0 amide bonds. The minimum absolute atomic E-state index is 0.524. The average Bonchev–Trinajstić information content (AvgIpc) is 2.72. The van der Waals surface area contributed by atoms with Crippen molar-refractivity contribution in [2.75, 3.05) is 0 Å². The summed E-state index contributed by atoms with van der Waals surface area (Å²) in [5, 5.41) is 22.6. The van der Waals surface area contributed by atoms with Crippen LogP contribution in [-0.2, 0) is 7.05 Å². The van der Waals surface area contributed by atoms with Gasteiger partial charge in [0, 0.05) is 12.4 Å². The van der Waals surface area contributed by atoms with E-state index in [9.17, 15) is 5.11 Å². The first-order valence-corrected chi connectivity index (χ1v) is 4.42. The normalized spacial score (nSPS) is 13.1. The SMILES string of the molecule is Cn1nncc1C(O)c1csnn1. The van der Waals surface area contributed by atoms with Crippen LogP contribution in [-0.4, -0.2) is 29.7 Å². The highest BCUT2D eigenvalue weighted by atomic mass is 32.1. The van der Waals surface area contributed by atoms with Crippen molar-refractivity contribution in [2.45, 2.75) is 6.10 Å². The maximum atomic E-state index is 9.75. The smallest absolute Gasteiger partial charge is 0.142 e. The number of aliphatic hydroxyl groups is 1. The number of aryl methyl sites for hydroxylation is 1. The number of nitrogens with zero attached hydrogens (tertiary/aromatic N) is 5. The molecule has 2 rings (SSSR count). The van der Waals surface area contributed by atoms with E-state index in [1.54, 1.807) is 12.4 Å². The Bertz CT molecular complexity index is 383. The molecule has 0 aliphatic carbocycles.